The van der Waals surface area contributed by atoms with Crippen molar-refractivity contribution in [3.8, 4) is 0 Å². The topological polar surface area (TPSA) is 46.6 Å². The van der Waals surface area contributed by atoms with Crippen LogP contribution in [0.2, 0.25) is 5.02 Å². The van der Waals surface area contributed by atoms with Crippen LogP contribution in [0.3, 0.4) is 0 Å². The summed E-state index contributed by atoms with van der Waals surface area (Å²) in [6.07, 6.45) is 0.405. The Labute approximate surface area is 121 Å². The molecule has 6 heteroatoms. The fourth-order valence-electron chi connectivity index (χ4n) is 2.08. The Bertz CT molecular complexity index is 519. The van der Waals surface area contributed by atoms with E-state index in [2.05, 4.69) is 4.74 Å². The Morgan fingerprint density at radius 1 is 1.53 bits per heavy atom. The molecular formula is C13H13Cl2NO3. The van der Waals surface area contributed by atoms with Crippen molar-refractivity contribution in [3.63, 3.8) is 0 Å². The first-order chi connectivity index (χ1) is 9.06. The van der Waals surface area contributed by atoms with Crippen molar-refractivity contribution in [1.82, 2.24) is 0 Å². The number of anilines is 1. The number of hydrogen-bond donors (Lipinski definition) is 0. The number of amides is 1. The van der Waals surface area contributed by atoms with Crippen LogP contribution in [0.25, 0.3) is 0 Å². The number of benzene rings is 1. The zero-order chi connectivity index (χ0) is 14.0. The fourth-order valence-corrected chi connectivity index (χ4v) is 2.51. The van der Waals surface area contributed by atoms with Crippen molar-refractivity contribution in [2.75, 3.05) is 24.4 Å². The molecule has 0 bridgehead atoms. The van der Waals surface area contributed by atoms with Gasteiger partial charge in [0.1, 0.15) is 0 Å². The highest BCUT2D eigenvalue weighted by molar-refractivity contribution is 6.34. The van der Waals surface area contributed by atoms with Gasteiger partial charge in [-0.2, -0.15) is 0 Å². The second kappa shape index (κ2) is 5.80. The van der Waals surface area contributed by atoms with Gasteiger partial charge >= 0.3 is 5.97 Å². The minimum atomic E-state index is -0.460. The summed E-state index contributed by atoms with van der Waals surface area (Å²) in [4.78, 5) is 25.0. The quantitative estimate of drug-likeness (QED) is 0.637. The van der Waals surface area contributed by atoms with E-state index in [4.69, 9.17) is 23.2 Å². The summed E-state index contributed by atoms with van der Waals surface area (Å²) in [5.74, 6) is 0.0522. The Morgan fingerprint density at radius 3 is 2.84 bits per heavy atom. The lowest BCUT2D eigenvalue weighted by Crippen LogP contribution is -2.25. The fraction of sp³-hybridized carbons (Fsp3) is 0.385. The molecule has 1 unspecified atom stereocenters. The lowest BCUT2D eigenvalue weighted by atomic mass is 10.1. The van der Waals surface area contributed by atoms with Crippen molar-refractivity contribution in [2.24, 2.45) is 5.92 Å². The van der Waals surface area contributed by atoms with Gasteiger partial charge < -0.3 is 9.64 Å². The zero-order valence-corrected chi connectivity index (χ0v) is 11.9. The van der Waals surface area contributed by atoms with Gasteiger partial charge in [-0.15, -0.1) is 11.6 Å². The average Bonchev–Trinajstić information content (AvgIpc) is 2.79. The van der Waals surface area contributed by atoms with E-state index in [9.17, 15) is 9.59 Å². The largest absolute Gasteiger partial charge is 0.465 e. The summed E-state index contributed by atoms with van der Waals surface area (Å²) in [6.45, 7) is 0.521. The van der Waals surface area contributed by atoms with Gasteiger partial charge in [-0.3, -0.25) is 4.79 Å². The van der Waals surface area contributed by atoms with Gasteiger partial charge in [-0.1, -0.05) is 11.6 Å². The highest BCUT2D eigenvalue weighted by Crippen LogP contribution is 2.32. The molecule has 0 radical (unpaired) electrons. The van der Waals surface area contributed by atoms with Crippen molar-refractivity contribution < 1.29 is 14.3 Å². The highest BCUT2D eigenvalue weighted by Gasteiger charge is 2.31. The molecule has 1 fully saturated rings. The SMILES string of the molecule is COC(=O)c1ccc(Cl)c(N2CC(CCl)CC2=O)c1. The molecule has 1 aliphatic heterocycles. The molecule has 0 spiro atoms. The summed E-state index contributed by atoms with van der Waals surface area (Å²) in [7, 11) is 1.31. The summed E-state index contributed by atoms with van der Waals surface area (Å²) < 4.78 is 4.66. The number of nitrogens with zero attached hydrogens (tertiary/aromatic N) is 1. The molecule has 1 aromatic carbocycles. The monoisotopic (exact) mass is 301 g/mol. The van der Waals surface area contributed by atoms with E-state index in [0.29, 0.717) is 35.1 Å². The van der Waals surface area contributed by atoms with Crippen molar-refractivity contribution in [3.05, 3.63) is 28.8 Å². The number of hydrogen-bond acceptors (Lipinski definition) is 3. The van der Waals surface area contributed by atoms with E-state index < -0.39 is 5.97 Å². The third-order valence-electron chi connectivity index (χ3n) is 3.08. The number of carbonyl (C=O) groups is 2. The maximum atomic E-state index is 11.9. The second-order valence-electron chi connectivity index (χ2n) is 4.39. The van der Waals surface area contributed by atoms with Gasteiger partial charge in [0.15, 0.2) is 0 Å². The number of ether oxygens (including phenoxy) is 1. The maximum Gasteiger partial charge on any atom is 0.337 e. The van der Waals surface area contributed by atoms with E-state index >= 15 is 0 Å². The minimum Gasteiger partial charge on any atom is -0.465 e. The van der Waals surface area contributed by atoms with E-state index in [1.54, 1.807) is 23.1 Å². The summed E-state index contributed by atoms with van der Waals surface area (Å²) in [5.41, 5.74) is 0.895. The van der Waals surface area contributed by atoms with Crippen LogP contribution in [0.1, 0.15) is 16.8 Å². The first-order valence-corrected chi connectivity index (χ1v) is 6.72. The molecule has 2 rings (SSSR count). The first-order valence-electron chi connectivity index (χ1n) is 5.81. The van der Waals surface area contributed by atoms with Gasteiger partial charge in [0.2, 0.25) is 5.91 Å². The van der Waals surface area contributed by atoms with Crippen molar-refractivity contribution >= 4 is 40.8 Å². The number of halogens is 2. The Hall–Kier alpha value is -1.26. The number of alkyl halides is 1. The molecule has 19 heavy (non-hydrogen) atoms. The van der Waals surface area contributed by atoms with Crippen LogP contribution in [0.15, 0.2) is 18.2 Å². The zero-order valence-electron chi connectivity index (χ0n) is 10.4. The molecule has 1 aliphatic rings. The summed E-state index contributed by atoms with van der Waals surface area (Å²) in [5, 5.41) is 0.427. The van der Waals surface area contributed by atoms with E-state index in [-0.39, 0.29) is 11.8 Å². The van der Waals surface area contributed by atoms with Crippen LogP contribution < -0.4 is 4.90 Å². The minimum absolute atomic E-state index is 0.0328. The predicted octanol–water partition coefficient (Wildman–Crippen LogP) is 2.72. The molecule has 1 amide bonds. The molecule has 1 atom stereocenters. The highest BCUT2D eigenvalue weighted by atomic mass is 35.5. The van der Waals surface area contributed by atoms with Gasteiger partial charge in [-0.05, 0) is 24.1 Å². The Kier molecular flexibility index (Phi) is 4.32. The Balaban J connectivity index is 2.34. The third-order valence-corrected chi connectivity index (χ3v) is 3.84. The lowest BCUT2D eigenvalue weighted by Gasteiger charge is -2.18. The van der Waals surface area contributed by atoms with Crippen molar-refractivity contribution in [2.45, 2.75) is 6.42 Å². The van der Waals surface area contributed by atoms with Gasteiger partial charge in [-0.25, -0.2) is 4.79 Å². The molecule has 0 N–H and O–H groups in total. The lowest BCUT2D eigenvalue weighted by molar-refractivity contribution is -0.117. The van der Waals surface area contributed by atoms with Crippen LogP contribution >= 0.6 is 23.2 Å². The molecule has 0 saturated carbocycles. The maximum absolute atomic E-state index is 11.9. The second-order valence-corrected chi connectivity index (χ2v) is 5.10. The molecule has 1 heterocycles. The van der Waals surface area contributed by atoms with Gasteiger partial charge in [0.05, 0.1) is 23.4 Å². The molecule has 1 aromatic rings. The third kappa shape index (κ3) is 2.85. The predicted molar refractivity (Wildman–Crippen MR) is 74.0 cm³/mol. The average molecular weight is 302 g/mol. The number of methoxy groups -OCH3 is 1. The van der Waals surface area contributed by atoms with Crippen molar-refractivity contribution in [1.29, 1.82) is 0 Å². The van der Waals surface area contributed by atoms with Gasteiger partial charge in [0, 0.05) is 18.8 Å². The van der Waals surface area contributed by atoms with E-state index in [0.717, 1.165) is 0 Å². The van der Waals surface area contributed by atoms with E-state index in [1.807, 2.05) is 0 Å². The number of carbonyl (C=O) groups excluding carboxylic acids is 2. The number of esters is 1. The standard InChI is InChI=1S/C13H13Cl2NO3/c1-19-13(18)9-2-3-10(15)11(5-9)16-7-8(6-14)4-12(16)17/h2-3,5,8H,4,6-7H2,1H3. The van der Waals surface area contributed by atoms with Crippen LogP contribution in [0, 0.1) is 5.92 Å². The number of rotatable bonds is 3. The van der Waals surface area contributed by atoms with E-state index in [1.165, 1.54) is 7.11 Å². The van der Waals surface area contributed by atoms with Gasteiger partial charge in [0.25, 0.3) is 0 Å². The smallest absolute Gasteiger partial charge is 0.337 e. The van der Waals surface area contributed by atoms with Crippen LogP contribution in [0.4, 0.5) is 5.69 Å². The van der Waals surface area contributed by atoms with Crippen LogP contribution in [-0.4, -0.2) is 31.4 Å². The molecule has 1 saturated heterocycles. The normalized spacial score (nSPS) is 18.8. The molecular weight excluding hydrogens is 289 g/mol. The molecule has 0 aliphatic carbocycles. The first kappa shape index (κ1) is 14.2. The van der Waals surface area contributed by atoms with Crippen LogP contribution in [-0.2, 0) is 9.53 Å². The summed E-state index contributed by atoms with van der Waals surface area (Å²) >= 11 is 11.9. The summed E-state index contributed by atoms with van der Waals surface area (Å²) in [6, 6.07) is 4.73. The van der Waals surface area contributed by atoms with Crippen LogP contribution in [0.5, 0.6) is 0 Å². The molecule has 4 nitrogen and oxygen atoms in total. The molecule has 0 aromatic heterocycles. The molecule has 102 valence electrons. The Morgan fingerprint density at radius 2 is 2.26 bits per heavy atom.